The highest BCUT2D eigenvalue weighted by Gasteiger charge is 2.25. The van der Waals surface area contributed by atoms with Crippen molar-refractivity contribution in [2.24, 2.45) is 0 Å². The van der Waals surface area contributed by atoms with Crippen molar-refractivity contribution >= 4 is 11.7 Å². The Morgan fingerprint density at radius 3 is 2.57 bits per heavy atom. The maximum atomic E-state index is 12.8. The summed E-state index contributed by atoms with van der Waals surface area (Å²) in [5, 5.41) is 23.0. The van der Waals surface area contributed by atoms with Gasteiger partial charge in [0.05, 0.1) is 22.8 Å². The maximum absolute atomic E-state index is 12.8. The molecule has 1 aliphatic carbocycles. The Morgan fingerprint density at radius 2 is 1.78 bits per heavy atom. The molecule has 0 bridgehead atoms. The SMILES string of the molecule is CC(C)Oc1ccc(-c2nc(-c3cccc4c3CC=C4OC(=O)c3ccccc3C#N)no2)cc1C#N. The summed E-state index contributed by atoms with van der Waals surface area (Å²) < 4.78 is 16.9. The zero-order chi connectivity index (χ0) is 25.9. The smallest absolute Gasteiger partial charge is 0.344 e. The molecule has 1 aliphatic rings. The van der Waals surface area contributed by atoms with Crippen molar-refractivity contribution in [3.05, 3.63) is 94.6 Å². The molecule has 180 valence electrons. The van der Waals surface area contributed by atoms with Gasteiger partial charge in [-0.2, -0.15) is 15.5 Å². The Labute approximate surface area is 213 Å². The molecule has 37 heavy (non-hydrogen) atoms. The number of nitriles is 2. The van der Waals surface area contributed by atoms with E-state index >= 15 is 0 Å². The number of fused-ring (bicyclic) bond motifs is 1. The standard InChI is InChI=1S/C29H20N4O4/c1-17(2)35-25-12-10-18(14-20(25)16-31)28-32-27(33-37-28)24-9-5-8-23-22(24)11-13-26(23)36-29(34)21-7-4-3-6-19(21)15-30/h3-10,12-14,17H,11H2,1-2H3. The number of carbonyl (C=O) groups is 1. The van der Waals surface area contributed by atoms with Gasteiger partial charge in [0, 0.05) is 16.7 Å². The molecule has 5 rings (SSSR count). The Morgan fingerprint density at radius 1 is 1.00 bits per heavy atom. The maximum Gasteiger partial charge on any atom is 0.344 e. The number of carbonyl (C=O) groups excluding carboxylic acids is 1. The van der Waals surface area contributed by atoms with Crippen molar-refractivity contribution in [3.63, 3.8) is 0 Å². The topological polar surface area (TPSA) is 122 Å². The van der Waals surface area contributed by atoms with Crippen LogP contribution in [0.4, 0.5) is 0 Å². The molecule has 1 heterocycles. The average Bonchev–Trinajstić information content (AvgIpc) is 3.56. The van der Waals surface area contributed by atoms with Crippen LogP contribution in [0.2, 0.25) is 0 Å². The van der Waals surface area contributed by atoms with Gasteiger partial charge in [0.25, 0.3) is 5.89 Å². The van der Waals surface area contributed by atoms with Crippen molar-refractivity contribution in [2.45, 2.75) is 26.4 Å². The zero-order valence-electron chi connectivity index (χ0n) is 20.1. The van der Waals surface area contributed by atoms with E-state index in [4.69, 9.17) is 14.0 Å². The number of aromatic nitrogens is 2. The molecule has 0 N–H and O–H groups in total. The molecular formula is C29H20N4O4. The summed E-state index contributed by atoms with van der Waals surface area (Å²) >= 11 is 0. The molecule has 0 fully saturated rings. The zero-order valence-corrected chi connectivity index (χ0v) is 20.1. The van der Waals surface area contributed by atoms with Gasteiger partial charge in [-0.1, -0.05) is 35.5 Å². The minimum atomic E-state index is -0.596. The van der Waals surface area contributed by atoms with Crippen LogP contribution in [0, 0.1) is 22.7 Å². The van der Waals surface area contributed by atoms with Crippen molar-refractivity contribution < 1.29 is 18.8 Å². The van der Waals surface area contributed by atoms with Crippen LogP contribution in [0.3, 0.4) is 0 Å². The van der Waals surface area contributed by atoms with Gasteiger partial charge in [-0.15, -0.1) is 0 Å². The Bertz CT molecular complexity index is 1640. The Balaban J connectivity index is 1.41. The number of hydrogen-bond donors (Lipinski definition) is 0. The van der Waals surface area contributed by atoms with Gasteiger partial charge < -0.3 is 14.0 Å². The van der Waals surface area contributed by atoms with Gasteiger partial charge >= 0.3 is 5.97 Å². The van der Waals surface area contributed by atoms with Gasteiger partial charge in [-0.05, 0) is 62.2 Å². The second-order valence-electron chi connectivity index (χ2n) is 8.56. The molecule has 0 saturated heterocycles. The highest BCUT2D eigenvalue weighted by atomic mass is 16.5. The van der Waals surface area contributed by atoms with Crippen molar-refractivity contribution in [3.8, 4) is 40.7 Å². The third-order valence-corrected chi connectivity index (χ3v) is 5.78. The number of ether oxygens (including phenoxy) is 2. The summed E-state index contributed by atoms with van der Waals surface area (Å²) in [6.45, 7) is 3.79. The van der Waals surface area contributed by atoms with Crippen molar-refractivity contribution in [1.29, 1.82) is 10.5 Å². The molecule has 3 aromatic carbocycles. The molecule has 8 heteroatoms. The van der Waals surface area contributed by atoms with Crippen LogP contribution >= 0.6 is 0 Å². The van der Waals surface area contributed by atoms with E-state index in [0.29, 0.717) is 34.9 Å². The highest BCUT2D eigenvalue weighted by molar-refractivity contribution is 5.96. The summed E-state index contributed by atoms with van der Waals surface area (Å²) in [5.41, 5.74) is 3.82. The number of nitrogens with zero attached hydrogens (tertiary/aromatic N) is 4. The molecule has 0 saturated carbocycles. The monoisotopic (exact) mass is 488 g/mol. The third kappa shape index (κ3) is 4.56. The van der Waals surface area contributed by atoms with Gasteiger partial charge in [0.1, 0.15) is 23.6 Å². The van der Waals surface area contributed by atoms with Crippen LogP contribution < -0.4 is 4.74 Å². The quantitative estimate of drug-likeness (QED) is 0.317. The predicted octanol–water partition coefficient (Wildman–Crippen LogP) is 5.69. The molecule has 8 nitrogen and oxygen atoms in total. The first-order chi connectivity index (χ1) is 18.0. The molecule has 0 aliphatic heterocycles. The summed E-state index contributed by atoms with van der Waals surface area (Å²) in [7, 11) is 0. The van der Waals surface area contributed by atoms with Crippen molar-refractivity contribution in [1.82, 2.24) is 10.1 Å². The van der Waals surface area contributed by atoms with E-state index in [-0.39, 0.29) is 23.1 Å². The van der Waals surface area contributed by atoms with Crippen molar-refractivity contribution in [2.75, 3.05) is 0 Å². The number of hydrogen-bond acceptors (Lipinski definition) is 8. The van der Waals surface area contributed by atoms with Gasteiger partial charge in [0.2, 0.25) is 5.82 Å². The largest absolute Gasteiger partial charge is 0.490 e. The normalized spacial score (nSPS) is 11.9. The molecule has 0 amide bonds. The molecule has 4 aromatic rings. The highest BCUT2D eigenvalue weighted by Crippen LogP contribution is 2.36. The summed E-state index contributed by atoms with van der Waals surface area (Å²) in [6, 6.07) is 21.4. The van der Waals surface area contributed by atoms with Crippen LogP contribution in [0.25, 0.3) is 28.6 Å². The van der Waals surface area contributed by atoms with E-state index in [9.17, 15) is 15.3 Å². The molecular weight excluding hydrogens is 468 g/mol. The van der Waals surface area contributed by atoms with E-state index < -0.39 is 5.97 Å². The van der Waals surface area contributed by atoms with E-state index in [1.165, 1.54) is 0 Å². The van der Waals surface area contributed by atoms with Crippen LogP contribution in [-0.4, -0.2) is 22.2 Å². The van der Waals surface area contributed by atoms with Crippen LogP contribution in [0.5, 0.6) is 5.75 Å². The molecule has 0 spiro atoms. The van der Waals surface area contributed by atoms with E-state index in [1.54, 1.807) is 42.5 Å². The Hall–Kier alpha value is -5.21. The second-order valence-corrected chi connectivity index (χ2v) is 8.56. The fraction of sp³-hybridized carbons (Fsp3) is 0.138. The average molecular weight is 489 g/mol. The lowest BCUT2D eigenvalue weighted by molar-refractivity contribution is 0.0692. The fourth-order valence-electron chi connectivity index (χ4n) is 4.12. The lowest BCUT2D eigenvalue weighted by atomic mass is 10.0. The minimum absolute atomic E-state index is 0.0630. The molecule has 0 atom stereocenters. The lowest BCUT2D eigenvalue weighted by Crippen LogP contribution is -2.06. The fourth-order valence-corrected chi connectivity index (χ4v) is 4.12. The van der Waals surface area contributed by atoms with Gasteiger partial charge in [-0.25, -0.2) is 4.79 Å². The van der Waals surface area contributed by atoms with E-state index in [0.717, 1.165) is 16.7 Å². The first-order valence-corrected chi connectivity index (χ1v) is 11.6. The molecule has 0 unspecified atom stereocenters. The first kappa shape index (κ1) is 23.5. The molecule has 1 aromatic heterocycles. The number of benzene rings is 3. The molecule has 0 radical (unpaired) electrons. The van der Waals surface area contributed by atoms with E-state index in [1.807, 2.05) is 44.2 Å². The first-order valence-electron chi connectivity index (χ1n) is 11.6. The minimum Gasteiger partial charge on any atom is -0.490 e. The van der Waals surface area contributed by atoms with E-state index in [2.05, 4.69) is 16.2 Å². The van der Waals surface area contributed by atoms with Gasteiger partial charge in [0.15, 0.2) is 0 Å². The number of allylic oxidation sites excluding steroid dienone is 1. The van der Waals surface area contributed by atoms with Crippen LogP contribution in [0.15, 0.2) is 71.3 Å². The second kappa shape index (κ2) is 9.80. The third-order valence-electron chi connectivity index (χ3n) is 5.78. The summed E-state index contributed by atoms with van der Waals surface area (Å²) in [6.07, 6.45) is 2.26. The summed E-state index contributed by atoms with van der Waals surface area (Å²) in [5.74, 6) is 0.960. The van der Waals surface area contributed by atoms with Crippen LogP contribution in [-0.2, 0) is 11.2 Å². The number of esters is 1. The Kier molecular flexibility index (Phi) is 6.23. The predicted molar refractivity (Wildman–Crippen MR) is 134 cm³/mol. The summed E-state index contributed by atoms with van der Waals surface area (Å²) in [4.78, 5) is 17.3. The lowest BCUT2D eigenvalue weighted by Gasteiger charge is -2.11. The van der Waals surface area contributed by atoms with Crippen LogP contribution in [0.1, 0.15) is 46.5 Å². The number of rotatable bonds is 6. The van der Waals surface area contributed by atoms with Gasteiger partial charge in [-0.3, -0.25) is 0 Å².